The first-order chi connectivity index (χ1) is 10.4. The van der Waals surface area contributed by atoms with Crippen molar-refractivity contribution in [2.45, 2.75) is 13.5 Å². The Morgan fingerprint density at radius 2 is 2.05 bits per heavy atom. The molecule has 8 heteroatoms. The molecule has 6 nitrogen and oxygen atoms in total. The van der Waals surface area contributed by atoms with Crippen LogP contribution in [0.3, 0.4) is 0 Å². The van der Waals surface area contributed by atoms with Crippen LogP contribution in [0.15, 0.2) is 29.1 Å². The van der Waals surface area contributed by atoms with Crippen LogP contribution in [0.2, 0.25) is 0 Å². The van der Waals surface area contributed by atoms with Gasteiger partial charge in [-0.1, -0.05) is 6.07 Å². The van der Waals surface area contributed by atoms with Crippen molar-refractivity contribution < 1.29 is 23.4 Å². The maximum atomic E-state index is 13.2. The number of hydrogen-bond acceptors (Lipinski definition) is 4. The number of aromatic nitrogens is 2. The molecule has 0 saturated heterocycles. The summed E-state index contributed by atoms with van der Waals surface area (Å²) in [4.78, 5) is 23.1. The molecule has 0 saturated carbocycles. The highest BCUT2D eigenvalue weighted by molar-refractivity contribution is 5.87. The maximum absolute atomic E-state index is 13.2. The minimum atomic E-state index is -1.42. The SMILES string of the molecule is CCOc1cc(C(=O)O)c(=O)n(Cc2ccc(F)c(F)c2)n1. The second kappa shape index (κ2) is 6.33. The molecule has 0 amide bonds. The monoisotopic (exact) mass is 310 g/mol. The van der Waals surface area contributed by atoms with Gasteiger partial charge in [0.1, 0.15) is 5.56 Å². The van der Waals surface area contributed by atoms with Crippen LogP contribution in [0, 0.1) is 11.6 Å². The number of carboxylic acid groups (broad SMARTS) is 1. The van der Waals surface area contributed by atoms with Gasteiger partial charge in [-0.2, -0.15) is 0 Å². The fourth-order valence-electron chi connectivity index (χ4n) is 1.81. The standard InChI is InChI=1S/C14H12F2N2O4/c1-2-22-12-6-9(14(20)21)13(19)18(17-12)7-8-3-4-10(15)11(16)5-8/h3-6H,2,7H2,1H3,(H,20,21). The van der Waals surface area contributed by atoms with Crippen molar-refractivity contribution in [3.05, 3.63) is 57.4 Å². The molecule has 0 fully saturated rings. The van der Waals surface area contributed by atoms with E-state index >= 15 is 0 Å². The van der Waals surface area contributed by atoms with Gasteiger partial charge in [-0.05, 0) is 24.6 Å². The molecule has 0 aliphatic carbocycles. The first kappa shape index (κ1) is 15.6. The zero-order valence-corrected chi connectivity index (χ0v) is 11.5. The van der Waals surface area contributed by atoms with Crippen LogP contribution < -0.4 is 10.3 Å². The Labute approximate surface area is 123 Å². The maximum Gasteiger partial charge on any atom is 0.341 e. The van der Waals surface area contributed by atoms with Gasteiger partial charge in [0, 0.05) is 6.07 Å². The Bertz CT molecular complexity index is 774. The highest BCUT2D eigenvalue weighted by Gasteiger charge is 2.16. The van der Waals surface area contributed by atoms with Gasteiger partial charge in [0.05, 0.1) is 13.2 Å². The van der Waals surface area contributed by atoms with E-state index in [2.05, 4.69) is 5.10 Å². The van der Waals surface area contributed by atoms with Crippen LogP contribution in [0.25, 0.3) is 0 Å². The molecule has 2 aromatic rings. The van der Waals surface area contributed by atoms with Crippen molar-refractivity contribution in [3.63, 3.8) is 0 Å². The number of hydrogen-bond donors (Lipinski definition) is 1. The van der Waals surface area contributed by atoms with E-state index in [-0.39, 0.29) is 24.6 Å². The fraction of sp³-hybridized carbons (Fsp3) is 0.214. The second-order valence-corrected chi connectivity index (χ2v) is 4.35. The molecular formula is C14H12F2N2O4. The smallest absolute Gasteiger partial charge is 0.341 e. The number of nitrogens with zero attached hydrogens (tertiary/aromatic N) is 2. The van der Waals surface area contributed by atoms with Gasteiger partial charge in [0.2, 0.25) is 5.88 Å². The van der Waals surface area contributed by atoms with Crippen LogP contribution in [-0.4, -0.2) is 27.5 Å². The lowest BCUT2D eigenvalue weighted by Crippen LogP contribution is -2.29. The quantitative estimate of drug-likeness (QED) is 0.908. The minimum Gasteiger partial charge on any atom is -0.477 e. The third-order valence-electron chi connectivity index (χ3n) is 2.79. The predicted octanol–water partition coefficient (Wildman–Crippen LogP) is 1.67. The molecule has 0 bridgehead atoms. The summed E-state index contributed by atoms with van der Waals surface area (Å²) in [5.74, 6) is -3.54. The van der Waals surface area contributed by atoms with Gasteiger partial charge in [-0.15, -0.1) is 5.10 Å². The molecule has 2 rings (SSSR count). The van der Waals surface area contributed by atoms with Gasteiger partial charge in [-0.25, -0.2) is 18.3 Å². The third kappa shape index (κ3) is 3.27. The van der Waals surface area contributed by atoms with Gasteiger partial charge < -0.3 is 9.84 Å². The van der Waals surface area contributed by atoms with Gasteiger partial charge >= 0.3 is 5.97 Å². The number of aromatic carboxylic acids is 1. The average molecular weight is 310 g/mol. The summed E-state index contributed by atoms with van der Waals surface area (Å²) in [5, 5.41) is 12.9. The van der Waals surface area contributed by atoms with E-state index in [0.29, 0.717) is 0 Å². The second-order valence-electron chi connectivity index (χ2n) is 4.35. The Balaban J connectivity index is 2.46. The third-order valence-corrected chi connectivity index (χ3v) is 2.79. The van der Waals surface area contributed by atoms with Crippen LogP contribution in [-0.2, 0) is 6.54 Å². The highest BCUT2D eigenvalue weighted by Crippen LogP contribution is 2.11. The van der Waals surface area contributed by atoms with Crippen molar-refractivity contribution in [2.75, 3.05) is 6.61 Å². The Hall–Kier alpha value is -2.77. The predicted molar refractivity (Wildman–Crippen MR) is 72.1 cm³/mol. The average Bonchev–Trinajstić information content (AvgIpc) is 2.46. The van der Waals surface area contributed by atoms with Crippen LogP contribution in [0.1, 0.15) is 22.8 Å². The summed E-state index contributed by atoms with van der Waals surface area (Å²) in [6, 6.07) is 4.13. The summed E-state index contributed by atoms with van der Waals surface area (Å²) in [6.07, 6.45) is 0. The summed E-state index contributed by atoms with van der Waals surface area (Å²) < 4.78 is 32.0. The first-order valence-corrected chi connectivity index (χ1v) is 6.34. The lowest BCUT2D eigenvalue weighted by molar-refractivity contribution is 0.0692. The Kier molecular flexibility index (Phi) is 4.50. The molecule has 1 aromatic heterocycles. The van der Waals surface area contributed by atoms with Crippen molar-refractivity contribution in [1.29, 1.82) is 0 Å². The number of ether oxygens (including phenoxy) is 1. The Morgan fingerprint density at radius 1 is 1.32 bits per heavy atom. The molecule has 1 N–H and O–H groups in total. The lowest BCUT2D eigenvalue weighted by atomic mass is 10.2. The zero-order valence-electron chi connectivity index (χ0n) is 11.5. The van der Waals surface area contributed by atoms with Crippen LogP contribution >= 0.6 is 0 Å². The van der Waals surface area contributed by atoms with Gasteiger partial charge in [0.25, 0.3) is 5.56 Å². The normalized spacial score (nSPS) is 10.5. The molecule has 116 valence electrons. The zero-order chi connectivity index (χ0) is 16.3. The van der Waals surface area contributed by atoms with Crippen LogP contribution in [0.4, 0.5) is 8.78 Å². The molecule has 22 heavy (non-hydrogen) atoms. The first-order valence-electron chi connectivity index (χ1n) is 6.34. The number of benzene rings is 1. The molecular weight excluding hydrogens is 298 g/mol. The van der Waals surface area contributed by atoms with E-state index in [4.69, 9.17) is 9.84 Å². The number of carboxylic acids is 1. The van der Waals surface area contributed by atoms with Crippen molar-refractivity contribution in [2.24, 2.45) is 0 Å². The fourth-order valence-corrected chi connectivity index (χ4v) is 1.81. The summed E-state index contributed by atoms with van der Waals surface area (Å²) in [5.41, 5.74) is -1.11. The minimum absolute atomic E-state index is 0.0397. The van der Waals surface area contributed by atoms with Crippen molar-refractivity contribution in [1.82, 2.24) is 9.78 Å². The summed E-state index contributed by atoms with van der Waals surface area (Å²) in [6.45, 7) is 1.69. The number of carbonyl (C=O) groups is 1. The largest absolute Gasteiger partial charge is 0.477 e. The number of halogens is 2. The van der Waals surface area contributed by atoms with E-state index in [0.717, 1.165) is 22.9 Å². The lowest BCUT2D eigenvalue weighted by Gasteiger charge is -2.09. The number of rotatable bonds is 5. The van der Waals surface area contributed by atoms with Crippen molar-refractivity contribution >= 4 is 5.97 Å². The molecule has 0 unspecified atom stereocenters. The van der Waals surface area contributed by atoms with Gasteiger partial charge in [-0.3, -0.25) is 4.79 Å². The van der Waals surface area contributed by atoms with Gasteiger partial charge in [0.15, 0.2) is 11.6 Å². The van der Waals surface area contributed by atoms with E-state index in [1.165, 1.54) is 6.07 Å². The molecule has 0 atom stereocenters. The molecule has 1 heterocycles. The molecule has 0 radical (unpaired) electrons. The molecule has 0 aliphatic heterocycles. The van der Waals surface area contributed by atoms with E-state index in [9.17, 15) is 18.4 Å². The van der Waals surface area contributed by atoms with Crippen molar-refractivity contribution in [3.8, 4) is 5.88 Å². The molecule has 0 aliphatic rings. The molecule has 0 spiro atoms. The summed E-state index contributed by atoms with van der Waals surface area (Å²) in [7, 11) is 0. The topological polar surface area (TPSA) is 81.4 Å². The highest BCUT2D eigenvalue weighted by atomic mass is 19.2. The Morgan fingerprint density at radius 3 is 2.64 bits per heavy atom. The van der Waals surface area contributed by atoms with Crippen LogP contribution in [0.5, 0.6) is 5.88 Å². The molecule has 1 aromatic carbocycles. The van der Waals surface area contributed by atoms with E-state index in [1.807, 2.05) is 0 Å². The van der Waals surface area contributed by atoms with E-state index < -0.39 is 28.7 Å². The summed E-state index contributed by atoms with van der Waals surface area (Å²) >= 11 is 0. The van der Waals surface area contributed by atoms with E-state index in [1.54, 1.807) is 6.92 Å².